The fourth-order valence-corrected chi connectivity index (χ4v) is 2.41. The molecule has 1 saturated carbocycles. The molecule has 1 aliphatic rings. The van der Waals surface area contributed by atoms with E-state index in [-0.39, 0.29) is 11.5 Å². The Kier molecular flexibility index (Phi) is 3.59. The minimum Gasteiger partial charge on any atom is -0.387 e. The van der Waals surface area contributed by atoms with Gasteiger partial charge in [-0.1, -0.05) is 13.8 Å². The monoisotopic (exact) mass is 200 g/mol. The van der Waals surface area contributed by atoms with Crippen LogP contribution in [-0.2, 0) is 4.74 Å². The van der Waals surface area contributed by atoms with E-state index in [1.807, 2.05) is 13.8 Å². The standard InChI is InChI=1S/C12H24O2/c1-10(2)14-9-12(13)7-5-6-11(3,4)8-12/h10,13H,5-9H2,1-4H3. The van der Waals surface area contributed by atoms with Crippen molar-refractivity contribution in [3.63, 3.8) is 0 Å². The van der Waals surface area contributed by atoms with Crippen LogP contribution >= 0.6 is 0 Å². The molecule has 1 aliphatic carbocycles. The molecular formula is C12H24O2. The van der Waals surface area contributed by atoms with Gasteiger partial charge in [0.25, 0.3) is 0 Å². The summed E-state index contributed by atoms with van der Waals surface area (Å²) >= 11 is 0. The van der Waals surface area contributed by atoms with Gasteiger partial charge in [-0.25, -0.2) is 0 Å². The van der Waals surface area contributed by atoms with Gasteiger partial charge in [-0.15, -0.1) is 0 Å². The summed E-state index contributed by atoms with van der Waals surface area (Å²) in [7, 11) is 0. The summed E-state index contributed by atoms with van der Waals surface area (Å²) in [5.41, 5.74) is -0.306. The molecule has 0 amide bonds. The van der Waals surface area contributed by atoms with Gasteiger partial charge >= 0.3 is 0 Å². The normalized spacial score (nSPS) is 32.1. The highest BCUT2D eigenvalue weighted by Crippen LogP contribution is 2.41. The molecule has 1 rings (SSSR count). The molecule has 0 aromatic rings. The van der Waals surface area contributed by atoms with Crippen LogP contribution in [0.2, 0.25) is 0 Å². The molecule has 0 aromatic heterocycles. The summed E-state index contributed by atoms with van der Waals surface area (Å²) in [4.78, 5) is 0. The van der Waals surface area contributed by atoms with Crippen LogP contribution in [0, 0.1) is 5.41 Å². The summed E-state index contributed by atoms with van der Waals surface area (Å²) in [6.45, 7) is 8.97. The van der Waals surface area contributed by atoms with Gasteiger partial charge in [0.15, 0.2) is 0 Å². The van der Waals surface area contributed by atoms with E-state index in [0.29, 0.717) is 6.61 Å². The summed E-state index contributed by atoms with van der Waals surface area (Å²) in [5, 5.41) is 10.3. The van der Waals surface area contributed by atoms with Crippen LogP contribution in [0.25, 0.3) is 0 Å². The third kappa shape index (κ3) is 3.58. The van der Waals surface area contributed by atoms with Gasteiger partial charge in [-0.3, -0.25) is 0 Å². The zero-order valence-corrected chi connectivity index (χ0v) is 9.97. The average Bonchev–Trinajstić information content (AvgIpc) is 1.98. The molecule has 14 heavy (non-hydrogen) atoms. The minimum absolute atomic E-state index is 0.212. The Hall–Kier alpha value is -0.0800. The van der Waals surface area contributed by atoms with E-state index < -0.39 is 5.60 Å². The van der Waals surface area contributed by atoms with Gasteiger partial charge in [-0.05, 0) is 44.9 Å². The zero-order chi connectivity index (χ0) is 10.8. The molecule has 0 spiro atoms. The van der Waals surface area contributed by atoms with E-state index in [4.69, 9.17) is 4.74 Å². The molecule has 1 atom stereocenters. The zero-order valence-electron chi connectivity index (χ0n) is 9.97. The molecule has 0 saturated heterocycles. The van der Waals surface area contributed by atoms with Crippen LogP contribution in [0.4, 0.5) is 0 Å². The first-order valence-electron chi connectivity index (χ1n) is 5.67. The lowest BCUT2D eigenvalue weighted by atomic mass is 9.70. The smallest absolute Gasteiger partial charge is 0.0885 e. The number of hydrogen-bond donors (Lipinski definition) is 1. The lowest BCUT2D eigenvalue weighted by molar-refractivity contribution is -0.106. The largest absolute Gasteiger partial charge is 0.387 e. The SMILES string of the molecule is CC(C)OCC1(O)CCCC(C)(C)C1. The van der Waals surface area contributed by atoms with Crippen LogP contribution in [-0.4, -0.2) is 23.4 Å². The number of ether oxygens (including phenoxy) is 1. The van der Waals surface area contributed by atoms with Gasteiger partial charge < -0.3 is 9.84 Å². The van der Waals surface area contributed by atoms with Crippen molar-refractivity contribution in [3.05, 3.63) is 0 Å². The van der Waals surface area contributed by atoms with Crippen molar-refractivity contribution in [2.45, 2.75) is 65.1 Å². The highest BCUT2D eigenvalue weighted by Gasteiger charge is 2.38. The summed E-state index contributed by atoms with van der Waals surface area (Å²) in [5.74, 6) is 0. The van der Waals surface area contributed by atoms with Crippen LogP contribution in [0.1, 0.15) is 53.4 Å². The van der Waals surface area contributed by atoms with E-state index in [1.165, 1.54) is 6.42 Å². The van der Waals surface area contributed by atoms with Crippen molar-refractivity contribution >= 4 is 0 Å². The van der Waals surface area contributed by atoms with Crippen molar-refractivity contribution in [2.24, 2.45) is 5.41 Å². The predicted octanol–water partition coefficient (Wildman–Crippen LogP) is 2.74. The second-order valence-electron chi connectivity index (χ2n) is 5.78. The average molecular weight is 200 g/mol. The summed E-state index contributed by atoms with van der Waals surface area (Å²) < 4.78 is 5.53. The Balaban J connectivity index is 2.47. The van der Waals surface area contributed by atoms with Gasteiger partial charge in [0, 0.05) is 0 Å². The van der Waals surface area contributed by atoms with Crippen LogP contribution in [0.5, 0.6) is 0 Å². The van der Waals surface area contributed by atoms with Gasteiger partial charge in [-0.2, -0.15) is 0 Å². The maximum Gasteiger partial charge on any atom is 0.0885 e. The van der Waals surface area contributed by atoms with E-state index >= 15 is 0 Å². The Labute approximate surface area is 87.7 Å². The van der Waals surface area contributed by atoms with E-state index in [9.17, 15) is 5.11 Å². The second kappa shape index (κ2) is 4.19. The molecule has 2 nitrogen and oxygen atoms in total. The molecule has 1 N–H and O–H groups in total. The van der Waals surface area contributed by atoms with E-state index in [0.717, 1.165) is 19.3 Å². The van der Waals surface area contributed by atoms with Gasteiger partial charge in [0.1, 0.15) is 0 Å². The fourth-order valence-electron chi connectivity index (χ4n) is 2.41. The fraction of sp³-hybridized carbons (Fsp3) is 1.00. The molecule has 84 valence electrons. The lowest BCUT2D eigenvalue weighted by Gasteiger charge is -2.41. The molecule has 1 unspecified atom stereocenters. The summed E-state index contributed by atoms with van der Waals surface area (Å²) in [6, 6.07) is 0. The molecule has 2 heteroatoms. The second-order valence-corrected chi connectivity index (χ2v) is 5.78. The van der Waals surface area contributed by atoms with E-state index in [1.54, 1.807) is 0 Å². The predicted molar refractivity (Wildman–Crippen MR) is 58.3 cm³/mol. The third-order valence-corrected chi connectivity index (χ3v) is 2.99. The maximum atomic E-state index is 10.3. The molecule has 0 bridgehead atoms. The van der Waals surface area contributed by atoms with Crippen molar-refractivity contribution < 1.29 is 9.84 Å². The first-order chi connectivity index (χ1) is 6.33. The molecule has 0 aliphatic heterocycles. The first kappa shape index (κ1) is 12.0. The van der Waals surface area contributed by atoms with Crippen molar-refractivity contribution in [2.75, 3.05) is 6.61 Å². The van der Waals surface area contributed by atoms with Crippen molar-refractivity contribution in [3.8, 4) is 0 Å². The van der Waals surface area contributed by atoms with Gasteiger partial charge in [0.05, 0.1) is 18.3 Å². The minimum atomic E-state index is -0.577. The van der Waals surface area contributed by atoms with Crippen molar-refractivity contribution in [1.29, 1.82) is 0 Å². The van der Waals surface area contributed by atoms with Crippen LogP contribution < -0.4 is 0 Å². The highest BCUT2D eigenvalue weighted by atomic mass is 16.5. The maximum absolute atomic E-state index is 10.3. The highest BCUT2D eigenvalue weighted by molar-refractivity contribution is 4.90. The molecular weight excluding hydrogens is 176 g/mol. The Morgan fingerprint density at radius 3 is 2.43 bits per heavy atom. The van der Waals surface area contributed by atoms with Crippen LogP contribution in [0.15, 0.2) is 0 Å². The van der Waals surface area contributed by atoms with E-state index in [2.05, 4.69) is 13.8 Å². The number of hydrogen-bond acceptors (Lipinski definition) is 2. The molecule has 0 aromatic carbocycles. The van der Waals surface area contributed by atoms with Crippen molar-refractivity contribution in [1.82, 2.24) is 0 Å². The lowest BCUT2D eigenvalue weighted by Crippen LogP contribution is -2.43. The summed E-state index contributed by atoms with van der Waals surface area (Å²) in [6.07, 6.45) is 4.31. The Morgan fingerprint density at radius 1 is 1.29 bits per heavy atom. The molecule has 1 fully saturated rings. The van der Waals surface area contributed by atoms with Gasteiger partial charge in [0.2, 0.25) is 0 Å². The molecule has 0 radical (unpaired) electrons. The third-order valence-electron chi connectivity index (χ3n) is 2.99. The van der Waals surface area contributed by atoms with Crippen LogP contribution in [0.3, 0.4) is 0 Å². The molecule has 0 heterocycles. The topological polar surface area (TPSA) is 29.5 Å². The first-order valence-corrected chi connectivity index (χ1v) is 5.67. The Bertz CT molecular complexity index is 187. The quantitative estimate of drug-likeness (QED) is 0.759. The number of rotatable bonds is 3. The number of aliphatic hydroxyl groups is 1. The Morgan fingerprint density at radius 2 is 1.93 bits per heavy atom.